The maximum Gasteiger partial charge on any atom is 0.300 e. The molecule has 0 radical (unpaired) electrons. The molecule has 0 saturated carbocycles. The molecule has 4 N–H and O–H groups in total. The molecule has 29 heavy (non-hydrogen) atoms. The molecule has 1 aromatic carbocycles. The third-order valence-corrected chi connectivity index (χ3v) is 7.33. The number of benzene rings is 1. The first kappa shape index (κ1) is 22.5. The number of nitrogens with one attached hydrogen (secondary N) is 1. The van der Waals surface area contributed by atoms with Gasteiger partial charge in [0.2, 0.25) is 0 Å². The molecule has 0 aliphatic carbocycles. The summed E-state index contributed by atoms with van der Waals surface area (Å²) in [6.45, 7) is 2.32. The Labute approximate surface area is 172 Å². The van der Waals surface area contributed by atoms with Crippen LogP contribution in [0.15, 0.2) is 46.0 Å². The van der Waals surface area contributed by atoms with Crippen LogP contribution in [-0.2, 0) is 14.8 Å². The number of amides is 1. The van der Waals surface area contributed by atoms with Crippen LogP contribution in [-0.4, -0.2) is 66.6 Å². The van der Waals surface area contributed by atoms with Gasteiger partial charge in [-0.25, -0.2) is 8.42 Å². The van der Waals surface area contributed by atoms with Crippen molar-refractivity contribution in [2.75, 3.05) is 26.2 Å². The Morgan fingerprint density at radius 2 is 1.59 bits per heavy atom. The standard InChI is InChI=1S/C16H18N4O3S2.C2H4O2/c17-15(18)12-3-5-13(6-4-12)16(21)19-7-9-20(10-8-19)25(22,23)14-2-1-11-24-14;1-2(3)4/h1-6,11H,7-10H2,(H3,17,18);1H3,(H,3,4). The number of hydrogen-bond acceptors (Lipinski definition) is 6. The van der Waals surface area contributed by atoms with Crippen LogP contribution in [0.5, 0.6) is 0 Å². The predicted molar refractivity (Wildman–Crippen MR) is 110 cm³/mol. The zero-order valence-electron chi connectivity index (χ0n) is 15.7. The number of sulfonamides is 1. The smallest absolute Gasteiger partial charge is 0.300 e. The Morgan fingerprint density at radius 3 is 2.03 bits per heavy atom. The van der Waals surface area contributed by atoms with Crippen LogP contribution in [0.2, 0.25) is 0 Å². The van der Waals surface area contributed by atoms with E-state index in [1.165, 1.54) is 15.6 Å². The number of carboxylic acid groups (broad SMARTS) is 1. The van der Waals surface area contributed by atoms with Gasteiger partial charge in [0.25, 0.3) is 21.9 Å². The molecule has 0 bridgehead atoms. The van der Waals surface area contributed by atoms with Crippen molar-refractivity contribution < 1.29 is 23.1 Å². The van der Waals surface area contributed by atoms with Gasteiger partial charge in [-0.1, -0.05) is 18.2 Å². The van der Waals surface area contributed by atoms with Crippen LogP contribution < -0.4 is 5.73 Å². The topological polar surface area (TPSA) is 145 Å². The second-order valence-corrected chi connectivity index (χ2v) is 9.25. The lowest BCUT2D eigenvalue weighted by molar-refractivity contribution is -0.134. The fraction of sp³-hybridized carbons (Fsp3) is 0.278. The van der Waals surface area contributed by atoms with Crippen molar-refractivity contribution in [3.63, 3.8) is 0 Å². The molecular formula is C18H22N4O5S2. The van der Waals surface area contributed by atoms with Crippen LogP contribution in [0.1, 0.15) is 22.8 Å². The molecule has 1 saturated heterocycles. The highest BCUT2D eigenvalue weighted by Crippen LogP contribution is 2.22. The van der Waals surface area contributed by atoms with Gasteiger partial charge >= 0.3 is 0 Å². The second-order valence-electron chi connectivity index (χ2n) is 6.14. The van der Waals surface area contributed by atoms with Crippen LogP contribution >= 0.6 is 11.3 Å². The normalized spacial score (nSPS) is 14.6. The molecule has 2 heterocycles. The van der Waals surface area contributed by atoms with E-state index in [4.69, 9.17) is 21.0 Å². The lowest BCUT2D eigenvalue weighted by Gasteiger charge is -2.33. The molecule has 0 unspecified atom stereocenters. The number of piperazine rings is 1. The van der Waals surface area contributed by atoms with Crippen molar-refractivity contribution in [1.29, 1.82) is 5.41 Å². The fourth-order valence-corrected chi connectivity index (χ4v) is 5.21. The number of carbonyl (C=O) groups excluding carboxylic acids is 1. The molecule has 2 aromatic rings. The Hall–Kier alpha value is -2.76. The van der Waals surface area contributed by atoms with E-state index in [1.807, 2.05) is 0 Å². The molecule has 11 heteroatoms. The molecule has 1 aliphatic heterocycles. The van der Waals surface area contributed by atoms with Gasteiger partial charge in [0.1, 0.15) is 10.0 Å². The predicted octanol–water partition coefficient (Wildman–Crippen LogP) is 1.27. The molecular weight excluding hydrogens is 416 g/mol. The Balaban J connectivity index is 0.000000687. The number of thiophene rings is 1. The largest absolute Gasteiger partial charge is 0.481 e. The van der Waals surface area contributed by atoms with E-state index in [0.29, 0.717) is 28.4 Å². The maximum atomic E-state index is 12.5. The summed E-state index contributed by atoms with van der Waals surface area (Å²) in [5.41, 5.74) is 6.46. The number of hydrogen-bond donors (Lipinski definition) is 3. The minimum Gasteiger partial charge on any atom is -0.481 e. The highest BCUT2D eigenvalue weighted by molar-refractivity contribution is 7.91. The zero-order chi connectivity index (χ0) is 21.6. The molecule has 3 rings (SSSR count). The lowest BCUT2D eigenvalue weighted by Crippen LogP contribution is -2.50. The maximum absolute atomic E-state index is 12.5. The van der Waals surface area contributed by atoms with Crippen LogP contribution in [0.4, 0.5) is 0 Å². The number of carboxylic acids is 1. The summed E-state index contributed by atoms with van der Waals surface area (Å²) < 4.78 is 26.7. The Kier molecular flexibility index (Phi) is 7.48. The monoisotopic (exact) mass is 438 g/mol. The van der Waals surface area contributed by atoms with Gasteiger partial charge in [0.15, 0.2) is 0 Å². The summed E-state index contributed by atoms with van der Waals surface area (Å²) in [5.74, 6) is -1.03. The van der Waals surface area contributed by atoms with E-state index >= 15 is 0 Å². The van der Waals surface area contributed by atoms with Crippen LogP contribution in [0, 0.1) is 5.41 Å². The van der Waals surface area contributed by atoms with E-state index in [0.717, 1.165) is 6.92 Å². The number of nitrogens with two attached hydrogens (primary N) is 1. The average Bonchev–Trinajstić information content (AvgIpc) is 3.23. The van der Waals surface area contributed by atoms with Crippen molar-refractivity contribution in [2.24, 2.45) is 5.73 Å². The summed E-state index contributed by atoms with van der Waals surface area (Å²) in [5, 5.41) is 16.5. The summed E-state index contributed by atoms with van der Waals surface area (Å²) in [7, 11) is -3.47. The van der Waals surface area contributed by atoms with Gasteiger partial charge in [-0.2, -0.15) is 4.31 Å². The van der Waals surface area contributed by atoms with Crippen molar-refractivity contribution in [2.45, 2.75) is 11.1 Å². The number of aliphatic carboxylic acids is 1. The summed E-state index contributed by atoms with van der Waals surface area (Å²) >= 11 is 1.19. The summed E-state index contributed by atoms with van der Waals surface area (Å²) in [6.07, 6.45) is 0. The minimum atomic E-state index is -3.47. The number of rotatable bonds is 4. The Bertz CT molecular complexity index is 960. The van der Waals surface area contributed by atoms with Gasteiger partial charge in [0, 0.05) is 44.2 Å². The average molecular weight is 439 g/mol. The van der Waals surface area contributed by atoms with E-state index in [9.17, 15) is 13.2 Å². The number of amidine groups is 1. The molecule has 1 fully saturated rings. The SMILES string of the molecule is CC(=O)O.N=C(N)c1ccc(C(=O)N2CCN(S(=O)(=O)c3cccs3)CC2)cc1. The molecule has 9 nitrogen and oxygen atoms in total. The van der Waals surface area contributed by atoms with E-state index in [2.05, 4.69) is 0 Å². The van der Waals surface area contributed by atoms with Crippen LogP contribution in [0.25, 0.3) is 0 Å². The molecule has 1 amide bonds. The van der Waals surface area contributed by atoms with E-state index < -0.39 is 16.0 Å². The van der Waals surface area contributed by atoms with Crippen molar-refractivity contribution >= 4 is 39.1 Å². The van der Waals surface area contributed by atoms with Gasteiger partial charge in [0.05, 0.1) is 0 Å². The van der Waals surface area contributed by atoms with Crippen molar-refractivity contribution in [3.8, 4) is 0 Å². The first-order valence-corrected chi connectivity index (χ1v) is 10.9. The summed E-state index contributed by atoms with van der Waals surface area (Å²) in [6, 6.07) is 9.83. The lowest BCUT2D eigenvalue weighted by atomic mass is 10.1. The quantitative estimate of drug-likeness (QED) is 0.484. The van der Waals surface area contributed by atoms with Gasteiger partial charge in [-0.05, 0) is 23.6 Å². The molecule has 1 aromatic heterocycles. The molecule has 0 atom stereocenters. The van der Waals surface area contributed by atoms with E-state index in [1.54, 1.807) is 46.7 Å². The highest BCUT2D eigenvalue weighted by atomic mass is 32.2. The summed E-state index contributed by atoms with van der Waals surface area (Å²) in [4.78, 5) is 23.2. The van der Waals surface area contributed by atoms with Crippen molar-refractivity contribution in [1.82, 2.24) is 9.21 Å². The zero-order valence-corrected chi connectivity index (χ0v) is 17.4. The van der Waals surface area contributed by atoms with Gasteiger partial charge in [-0.15, -0.1) is 11.3 Å². The number of nitrogens with zero attached hydrogens (tertiary/aromatic N) is 2. The molecule has 1 aliphatic rings. The Morgan fingerprint density at radius 1 is 1.07 bits per heavy atom. The first-order valence-electron chi connectivity index (χ1n) is 8.60. The van der Waals surface area contributed by atoms with Gasteiger partial charge < -0.3 is 15.7 Å². The number of nitrogen functional groups attached to an aromatic ring is 1. The first-order chi connectivity index (χ1) is 13.6. The van der Waals surface area contributed by atoms with Crippen molar-refractivity contribution in [3.05, 3.63) is 52.9 Å². The minimum absolute atomic E-state index is 0.0496. The highest BCUT2D eigenvalue weighted by Gasteiger charge is 2.30. The van der Waals surface area contributed by atoms with Gasteiger partial charge in [-0.3, -0.25) is 15.0 Å². The van der Waals surface area contributed by atoms with Crippen LogP contribution in [0.3, 0.4) is 0 Å². The second kappa shape index (κ2) is 9.63. The van der Waals surface area contributed by atoms with E-state index in [-0.39, 0.29) is 24.8 Å². The molecule has 0 spiro atoms. The third-order valence-electron chi connectivity index (χ3n) is 4.06. The fourth-order valence-electron chi connectivity index (χ4n) is 2.64. The third kappa shape index (κ3) is 5.86. The molecule has 156 valence electrons. The number of carbonyl (C=O) groups is 2.